The highest BCUT2D eigenvalue weighted by Gasteiger charge is 2.17. The number of rotatable bonds is 6. The van der Waals surface area contributed by atoms with Crippen molar-refractivity contribution in [1.29, 1.82) is 5.26 Å². The van der Waals surface area contributed by atoms with Gasteiger partial charge in [-0.2, -0.15) is 10.4 Å². The van der Waals surface area contributed by atoms with E-state index >= 15 is 0 Å². The van der Waals surface area contributed by atoms with E-state index in [1.165, 1.54) is 0 Å². The number of H-pyrrole nitrogens is 1. The van der Waals surface area contributed by atoms with Crippen LogP contribution >= 0.6 is 11.6 Å². The van der Waals surface area contributed by atoms with Crippen LogP contribution in [0.5, 0.6) is 23.0 Å². The summed E-state index contributed by atoms with van der Waals surface area (Å²) in [7, 11) is 0. The molecule has 9 aromatic rings. The van der Waals surface area contributed by atoms with Crippen LogP contribution in [0.4, 0.5) is 5.82 Å². The monoisotopic (exact) mass is 708 g/mol. The highest BCUT2D eigenvalue weighted by atomic mass is 35.5. The van der Waals surface area contributed by atoms with Gasteiger partial charge in [-0.15, -0.1) is 0 Å². The minimum absolute atomic E-state index is 0.377. The molecule has 0 aliphatic rings. The fraction of sp³-hybridized carbons (Fsp3) is 0. The Bertz CT molecular complexity index is 2750. The van der Waals surface area contributed by atoms with E-state index in [0.29, 0.717) is 27.8 Å². The third-order valence-electron chi connectivity index (χ3n) is 8.59. The van der Waals surface area contributed by atoms with Crippen LogP contribution in [0, 0.1) is 11.3 Å². The zero-order valence-corrected chi connectivity index (χ0v) is 28.8. The molecule has 254 valence electrons. The van der Waals surface area contributed by atoms with Crippen molar-refractivity contribution in [2.75, 3.05) is 5.73 Å². The Morgan fingerprint density at radius 1 is 0.547 bits per heavy atom. The molecule has 0 unspecified atom stereocenters. The standard InChI is InChI=1S/C22H13ClN2O.C22H16N4O/c23-21-18-8-4-5-9-20(18)25-22(19(21)14-24)15-10-12-17(13-11-15)26-16-6-2-1-3-7-16;23-22-19-20(24-18-9-5-4-8-17(18)21(19)25-26-22)14-10-12-16(13-11-14)27-15-6-2-1-3-7-15/h1-13H;1-13H,(H3,23,25,26). The number of nitrogens with one attached hydrogen (secondary N) is 1. The summed E-state index contributed by atoms with van der Waals surface area (Å²) >= 11 is 6.45. The third-order valence-corrected chi connectivity index (χ3v) is 8.98. The van der Waals surface area contributed by atoms with Crippen molar-refractivity contribution in [3.05, 3.63) is 168 Å². The second-order valence-corrected chi connectivity index (χ2v) is 12.4. The Kier molecular flexibility index (Phi) is 9.06. The number of nitriles is 1. The van der Waals surface area contributed by atoms with E-state index in [1.54, 1.807) is 0 Å². The topological polar surface area (TPSA) is 123 Å². The van der Waals surface area contributed by atoms with Gasteiger partial charge in [0.2, 0.25) is 0 Å². The molecule has 0 amide bonds. The normalized spacial score (nSPS) is 10.8. The first-order chi connectivity index (χ1) is 26.1. The fourth-order valence-corrected chi connectivity index (χ4v) is 6.34. The number of anilines is 1. The van der Waals surface area contributed by atoms with Gasteiger partial charge in [-0.3, -0.25) is 5.10 Å². The molecule has 6 aromatic carbocycles. The van der Waals surface area contributed by atoms with Crippen LogP contribution in [0.1, 0.15) is 5.56 Å². The van der Waals surface area contributed by atoms with Gasteiger partial charge in [0, 0.05) is 21.9 Å². The van der Waals surface area contributed by atoms with Gasteiger partial charge in [0.25, 0.3) is 0 Å². The SMILES string of the molecule is N#Cc1c(-c2ccc(Oc3ccccc3)cc2)nc2ccccc2c1Cl.Nc1n[nH]c2c1c(-c1ccc(Oc3ccccc3)cc1)nc1ccccc12. The molecule has 3 heterocycles. The lowest BCUT2D eigenvalue weighted by atomic mass is 10.0. The number of hydrogen-bond donors (Lipinski definition) is 2. The minimum atomic E-state index is 0.377. The largest absolute Gasteiger partial charge is 0.457 e. The van der Waals surface area contributed by atoms with Crippen molar-refractivity contribution >= 4 is 50.1 Å². The average molecular weight is 709 g/mol. The predicted octanol–water partition coefficient (Wildman–Crippen LogP) is 11.4. The summed E-state index contributed by atoms with van der Waals surface area (Å²) in [5.41, 5.74) is 12.2. The molecular formula is C44H29ClN6O2. The number of fused-ring (bicyclic) bond motifs is 4. The van der Waals surface area contributed by atoms with Gasteiger partial charge in [0.15, 0.2) is 5.82 Å². The van der Waals surface area contributed by atoms with E-state index in [2.05, 4.69) is 21.3 Å². The quantitative estimate of drug-likeness (QED) is 0.176. The maximum absolute atomic E-state index is 9.57. The smallest absolute Gasteiger partial charge is 0.155 e. The summed E-state index contributed by atoms with van der Waals surface area (Å²) in [6, 6.07) is 52.3. The third kappa shape index (κ3) is 6.80. The lowest BCUT2D eigenvalue weighted by molar-refractivity contribution is 0.482. The number of nitrogens with zero attached hydrogens (tertiary/aromatic N) is 4. The van der Waals surface area contributed by atoms with Crippen molar-refractivity contribution < 1.29 is 9.47 Å². The Labute approximate surface area is 309 Å². The molecule has 0 saturated heterocycles. The van der Waals surface area contributed by atoms with Crippen LogP contribution in [0.25, 0.3) is 55.2 Å². The zero-order chi connectivity index (χ0) is 36.1. The molecule has 0 spiro atoms. The van der Waals surface area contributed by atoms with Crippen molar-refractivity contribution in [3.63, 3.8) is 0 Å². The van der Waals surface area contributed by atoms with E-state index in [0.717, 1.165) is 66.8 Å². The van der Waals surface area contributed by atoms with Gasteiger partial charge in [-0.25, -0.2) is 9.97 Å². The second-order valence-electron chi connectivity index (χ2n) is 12.0. The molecule has 8 nitrogen and oxygen atoms in total. The van der Waals surface area contributed by atoms with Gasteiger partial charge < -0.3 is 15.2 Å². The van der Waals surface area contributed by atoms with Crippen LogP contribution in [-0.2, 0) is 0 Å². The number of aromatic amines is 1. The van der Waals surface area contributed by atoms with Gasteiger partial charge in [0.05, 0.1) is 43.9 Å². The molecular weight excluding hydrogens is 680 g/mol. The fourth-order valence-electron chi connectivity index (χ4n) is 6.05. The van der Waals surface area contributed by atoms with E-state index in [-0.39, 0.29) is 0 Å². The summed E-state index contributed by atoms with van der Waals surface area (Å²) in [5, 5.41) is 19.9. The molecule has 0 radical (unpaired) electrons. The van der Waals surface area contributed by atoms with Crippen LogP contribution in [0.3, 0.4) is 0 Å². The highest BCUT2D eigenvalue weighted by molar-refractivity contribution is 6.37. The van der Waals surface area contributed by atoms with Crippen LogP contribution < -0.4 is 15.2 Å². The first-order valence-corrected chi connectivity index (χ1v) is 17.1. The molecule has 3 N–H and O–H groups in total. The Balaban J connectivity index is 0.000000151. The molecule has 9 heteroatoms. The van der Waals surface area contributed by atoms with Crippen molar-refractivity contribution in [2.24, 2.45) is 0 Å². The van der Waals surface area contributed by atoms with Crippen LogP contribution in [-0.4, -0.2) is 20.2 Å². The molecule has 0 aliphatic heterocycles. The number of nitrogens with two attached hydrogens (primary N) is 1. The molecule has 0 fully saturated rings. The first kappa shape index (κ1) is 33.0. The molecule has 53 heavy (non-hydrogen) atoms. The Morgan fingerprint density at radius 2 is 1.00 bits per heavy atom. The summed E-state index contributed by atoms with van der Waals surface area (Å²) in [6.07, 6.45) is 0. The number of aromatic nitrogens is 4. The second kappa shape index (κ2) is 14.6. The van der Waals surface area contributed by atoms with Gasteiger partial charge >= 0.3 is 0 Å². The number of pyridine rings is 2. The molecule has 0 bridgehead atoms. The number of para-hydroxylation sites is 4. The molecule has 0 saturated carbocycles. The summed E-state index contributed by atoms with van der Waals surface area (Å²) in [5.74, 6) is 3.50. The molecule has 0 atom stereocenters. The maximum Gasteiger partial charge on any atom is 0.155 e. The first-order valence-electron chi connectivity index (χ1n) is 16.7. The summed E-state index contributed by atoms with van der Waals surface area (Å²) in [6.45, 7) is 0. The Morgan fingerprint density at radius 3 is 1.57 bits per heavy atom. The molecule has 0 aliphatic carbocycles. The van der Waals surface area contributed by atoms with E-state index < -0.39 is 0 Å². The lowest BCUT2D eigenvalue weighted by Crippen LogP contribution is -1.93. The van der Waals surface area contributed by atoms with Crippen molar-refractivity contribution in [3.8, 4) is 51.6 Å². The molecule has 3 aromatic heterocycles. The number of hydrogen-bond acceptors (Lipinski definition) is 7. The molecule has 9 rings (SSSR count). The van der Waals surface area contributed by atoms with Gasteiger partial charge in [-0.1, -0.05) is 84.4 Å². The maximum atomic E-state index is 9.57. The van der Waals surface area contributed by atoms with Crippen LogP contribution in [0.2, 0.25) is 5.02 Å². The minimum Gasteiger partial charge on any atom is -0.457 e. The number of ether oxygens (including phenoxy) is 2. The van der Waals surface area contributed by atoms with E-state index in [9.17, 15) is 5.26 Å². The average Bonchev–Trinajstić information content (AvgIpc) is 3.61. The van der Waals surface area contributed by atoms with E-state index in [1.807, 2.05) is 158 Å². The lowest BCUT2D eigenvalue weighted by Gasteiger charge is -2.10. The van der Waals surface area contributed by atoms with Crippen LogP contribution in [0.15, 0.2) is 158 Å². The predicted molar refractivity (Wildman–Crippen MR) is 211 cm³/mol. The van der Waals surface area contributed by atoms with Gasteiger partial charge in [-0.05, 0) is 84.9 Å². The van der Waals surface area contributed by atoms with Crippen molar-refractivity contribution in [2.45, 2.75) is 0 Å². The summed E-state index contributed by atoms with van der Waals surface area (Å²) < 4.78 is 11.7. The zero-order valence-electron chi connectivity index (χ0n) is 28.1. The Hall–Kier alpha value is -7.21. The number of nitrogen functional groups attached to an aromatic ring is 1. The number of benzene rings is 6. The van der Waals surface area contributed by atoms with E-state index in [4.69, 9.17) is 31.8 Å². The summed E-state index contributed by atoms with van der Waals surface area (Å²) in [4.78, 5) is 9.48. The number of halogens is 1. The van der Waals surface area contributed by atoms with Crippen molar-refractivity contribution in [1.82, 2.24) is 20.2 Å². The van der Waals surface area contributed by atoms with Gasteiger partial charge in [0.1, 0.15) is 29.1 Å². The highest BCUT2D eigenvalue weighted by Crippen LogP contribution is 2.36.